The van der Waals surface area contributed by atoms with Gasteiger partial charge in [0.1, 0.15) is 11.5 Å². The van der Waals surface area contributed by atoms with E-state index in [1.165, 1.54) is 12.3 Å². The summed E-state index contributed by atoms with van der Waals surface area (Å²) in [6, 6.07) is 17.9. The lowest BCUT2D eigenvalue weighted by Crippen LogP contribution is -2.23. The number of nitrogens with zero attached hydrogens (tertiary/aromatic N) is 2. The van der Waals surface area contributed by atoms with Crippen molar-refractivity contribution in [1.82, 2.24) is 5.43 Å². The second-order valence-corrected chi connectivity index (χ2v) is 6.06. The summed E-state index contributed by atoms with van der Waals surface area (Å²) in [4.78, 5) is 10.7. The van der Waals surface area contributed by atoms with Gasteiger partial charge in [-0.05, 0) is 43.4 Å². The van der Waals surface area contributed by atoms with Gasteiger partial charge in [0.05, 0.1) is 11.1 Å². The lowest BCUT2D eigenvalue weighted by Gasteiger charge is -2.05. The molecule has 3 rings (SSSR count). The minimum absolute atomic E-state index is 0.0538. The summed E-state index contributed by atoms with van der Waals surface area (Å²) >= 11 is 5.15. The first kappa shape index (κ1) is 18.3. The molecule has 136 valence electrons. The van der Waals surface area contributed by atoms with Crippen molar-refractivity contribution < 1.29 is 9.34 Å². The average Bonchev–Trinajstić information content (AvgIpc) is 3.11. The first-order chi connectivity index (χ1) is 13.0. The smallest absolute Gasteiger partial charge is 0.273 e. The zero-order valence-electron chi connectivity index (χ0n) is 14.4. The summed E-state index contributed by atoms with van der Waals surface area (Å²) in [5, 5.41) is 18.4. The average molecular weight is 380 g/mol. The Hall–Kier alpha value is -3.52. The van der Waals surface area contributed by atoms with E-state index >= 15 is 0 Å². The summed E-state index contributed by atoms with van der Waals surface area (Å²) in [5.74, 6) is 1.01. The van der Waals surface area contributed by atoms with Crippen molar-refractivity contribution in [1.29, 1.82) is 0 Å². The molecular weight excluding hydrogens is 364 g/mol. The van der Waals surface area contributed by atoms with E-state index < -0.39 is 4.92 Å². The van der Waals surface area contributed by atoms with Gasteiger partial charge in [0.15, 0.2) is 5.11 Å². The van der Waals surface area contributed by atoms with Gasteiger partial charge in [0.2, 0.25) is 0 Å². The van der Waals surface area contributed by atoms with Crippen LogP contribution in [0.1, 0.15) is 11.3 Å². The number of benzene rings is 2. The number of nitro benzene ring substituents is 1. The van der Waals surface area contributed by atoms with E-state index in [1.54, 1.807) is 31.2 Å². The van der Waals surface area contributed by atoms with Gasteiger partial charge in [-0.2, -0.15) is 5.10 Å². The van der Waals surface area contributed by atoms with Crippen LogP contribution in [0.4, 0.5) is 11.4 Å². The monoisotopic (exact) mass is 380 g/mol. The maximum Gasteiger partial charge on any atom is 0.273 e. The maximum atomic E-state index is 11.1. The van der Waals surface area contributed by atoms with Crippen LogP contribution >= 0.6 is 12.2 Å². The van der Waals surface area contributed by atoms with E-state index in [-0.39, 0.29) is 5.69 Å². The van der Waals surface area contributed by atoms with Crippen LogP contribution in [-0.4, -0.2) is 16.3 Å². The van der Waals surface area contributed by atoms with Crippen molar-refractivity contribution in [3.8, 4) is 11.3 Å². The van der Waals surface area contributed by atoms with Crippen LogP contribution in [0.15, 0.2) is 70.2 Å². The van der Waals surface area contributed by atoms with E-state index in [1.807, 2.05) is 30.3 Å². The van der Waals surface area contributed by atoms with Crippen LogP contribution in [-0.2, 0) is 0 Å². The van der Waals surface area contributed by atoms with Crippen molar-refractivity contribution in [3.05, 3.63) is 82.1 Å². The van der Waals surface area contributed by atoms with Gasteiger partial charge in [-0.1, -0.05) is 30.3 Å². The van der Waals surface area contributed by atoms with E-state index in [0.717, 1.165) is 5.69 Å². The molecule has 27 heavy (non-hydrogen) atoms. The van der Waals surface area contributed by atoms with Crippen molar-refractivity contribution in [3.63, 3.8) is 0 Å². The number of anilines is 1. The molecular formula is C19H16N4O3S. The minimum atomic E-state index is -0.408. The molecule has 7 nitrogen and oxygen atoms in total. The highest BCUT2D eigenvalue weighted by molar-refractivity contribution is 7.80. The van der Waals surface area contributed by atoms with Crippen LogP contribution in [0.5, 0.6) is 0 Å². The van der Waals surface area contributed by atoms with E-state index in [4.69, 9.17) is 16.6 Å². The van der Waals surface area contributed by atoms with Crippen molar-refractivity contribution in [2.75, 3.05) is 5.32 Å². The predicted molar refractivity (Wildman–Crippen MR) is 109 cm³/mol. The topological polar surface area (TPSA) is 92.7 Å². The molecule has 3 aromatic rings. The molecule has 0 spiro atoms. The Kier molecular flexibility index (Phi) is 5.58. The van der Waals surface area contributed by atoms with Crippen LogP contribution < -0.4 is 10.7 Å². The van der Waals surface area contributed by atoms with Gasteiger partial charge in [0, 0.05) is 22.9 Å². The normalized spacial score (nSPS) is 10.7. The number of rotatable bonds is 5. The van der Waals surface area contributed by atoms with E-state index in [9.17, 15) is 10.1 Å². The number of furan rings is 1. The number of para-hydroxylation sites is 1. The molecule has 0 amide bonds. The zero-order valence-corrected chi connectivity index (χ0v) is 15.2. The molecule has 1 aromatic heterocycles. The van der Waals surface area contributed by atoms with Crippen LogP contribution in [0.3, 0.4) is 0 Å². The molecule has 1 heterocycles. The molecule has 0 saturated heterocycles. The van der Waals surface area contributed by atoms with E-state index in [0.29, 0.717) is 27.8 Å². The van der Waals surface area contributed by atoms with Crippen molar-refractivity contribution in [2.45, 2.75) is 6.92 Å². The van der Waals surface area contributed by atoms with Crippen molar-refractivity contribution >= 4 is 34.9 Å². The summed E-state index contributed by atoms with van der Waals surface area (Å²) < 4.78 is 5.67. The second kappa shape index (κ2) is 8.24. The molecule has 0 aliphatic carbocycles. The molecule has 8 heteroatoms. The first-order valence-electron chi connectivity index (χ1n) is 8.03. The Morgan fingerprint density at radius 3 is 2.70 bits per heavy atom. The number of nitro groups is 1. The molecule has 2 N–H and O–H groups in total. The number of aryl methyl sites for hydroxylation is 1. The van der Waals surface area contributed by atoms with Gasteiger partial charge in [0.25, 0.3) is 5.69 Å². The molecule has 0 aliphatic heterocycles. The zero-order chi connectivity index (χ0) is 19.2. The molecule has 2 aromatic carbocycles. The van der Waals surface area contributed by atoms with Crippen LogP contribution in [0.25, 0.3) is 11.3 Å². The molecule has 0 atom stereocenters. The molecule has 0 fully saturated rings. The standard InChI is InChI=1S/C19H16N4O3S/c1-13-7-8-14(11-17(13)23(24)25)18-10-9-16(26-18)12-20-22-19(27)21-15-5-3-2-4-6-15/h2-12H,1H3,(H2,21,22,27)/b20-12-. The first-order valence-corrected chi connectivity index (χ1v) is 8.44. The van der Waals surface area contributed by atoms with Crippen LogP contribution in [0, 0.1) is 17.0 Å². The SMILES string of the molecule is Cc1ccc(-c2ccc(/C=N\NC(=S)Nc3ccccc3)o2)cc1[N+](=O)[O-]. The molecule has 0 bridgehead atoms. The number of hydrazone groups is 1. The highest BCUT2D eigenvalue weighted by atomic mass is 32.1. The maximum absolute atomic E-state index is 11.1. The largest absolute Gasteiger partial charge is 0.455 e. The highest BCUT2D eigenvalue weighted by Gasteiger charge is 2.13. The van der Waals surface area contributed by atoms with Gasteiger partial charge in [-0.25, -0.2) is 0 Å². The number of hydrogen-bond acceptors (Lipinski definition) is 5. The third-order valence-corrected chi connectivity index (χ3v) is 3.90. The molecule has 0 saturated carbocycles. The fourth-order valence-electron chi connectivity index (χ4n) is 2.37. The lowest BCUT2D eigenvalue weighted by atomic mass is 10.1. The third kappa shape index (κ3) is 4.77. The number of hydrogen-bond donors (Lipinski definition) is 2. The lowest BCUT2D eigenvalue weighted by molar-refractivity contribution is -0.385. The number of thiocarbonyl (C=S) groups is 1. The quantitative estimate of drug-likeness (QED) is 0.293. The predicted octanol–water partition coefficient (Wildman–Crippen LogP) is 4.48. The second-order valence-electron chi connectivity index (χ2n) is 5.65. The Morgan fingerprint density at radius 2 is 1.96 bits per heavy atom. The summed E-state index contributed by atoms with van der Waals surface area (Å²) in [5.41, 5.74) is 4.83. The third-order valence-electron chi connectivity index (χ3n) is 3.71. The fourth-order valence-corrected chi connectivity index (χ4v) is 2.54. The van der Waals surface area contributed by atoms with Crippen molar-refractivity contribution in [2.24, 2.45) is 5.10 Å². The Balaban J connectivity index is 1.64. The van der Waals surface area contributed by atoms with Gasteiger partial charge in [-0.3, -0.25) is 15.5 Å². The van der Waals surface area contributed by atoms with Gasteiger partial charge >= 0.3 is 0 Å². The Morgan fingerprint density at radius 1 is 1.19 bits per heavy atom. The fraction of sp³-hybridized carbons (Fsp3) is 0.0526. The number of nitrogens with one attached hydrogen (secondary N) is 2. The van der Waals surface area contributed by atoms with Crippen LogP contribution in [0.2, 0.25) is 0 Å². The summed E-state index contributed by atoms with van der Waals surface area (Å²) in [6.07, 6.45) is 1.48. The van der Waals surface area contributed by atoms with E-state index in [2.05, 4.69) is 15.8 Å². The summed E-state index contributed by atoms with van der Waals surface area (Å²) in [7, 11) is 0. The Labute approximate surface area is 160 Å². The Bertz CT molecular complexity index is 999. The summed E-state index contributed by atoms with van der Waals surface area (Å²) in [6.45, 7) is 1.69. The highest BCUT2D eigenvalue weighted by Crippen LogP contribution is 2.27. The molecule has 0 radical (unpaired) electrons. The molecule has 0 aliphatic rings. The van der Waals surface area contributed by atoms with Gasteiger partial charge in [-0.15, -0.1) is 0 Å². The van der Waals surface area contributed by atoms with Gasteiger partial charge < -0.3 is 9.73 Å². The molecule has 0 unspecified atom stereocenters. The minimum Gasteiger partial charge on any atom is -0.455 e.